The average molecular weight is 413 g/mol. The van der Waals surface area contributed by atoms with Crippen molar-refractivity contribution in [2.24, 2.45) is 5.92 Å². The molecular formula is C20H21ClN6O2. The molecule has 3 amide bonds. The highest BCUT2D eigenvalue weighted by molar-refractivity contribution is 6.30. The number of carbonyl (C=O) groups excluding carboxylic acids is 2. The van der Waals surface area contributed by atoms with Crippen LogP contribution in [0.5, 0.6) is 0 Å². The molecule has 2 fully saturated rings. The van der Waals surface area contributed by atoms with Gasteiger partial charge in [0.2, 0.25) is 0 Å². The lowest BCUT2D eigenvalue weighted by Gasteiger charge is -2.35. The molecule has 2 N–H and O–H groups in total. The minimum atomic E-state index is -0.310. The van der Waals surface area contributed by atoms with E-state index < -0.39 is 0 Å². The summed E-state index contributed by atoms with van der Waals surface area (Å²) in [5.41, 5.74) is 1.20. The molecule has 150 valence electrons. The van der Waals surface area contributed by atoms with Gasteiger partial charge in [-0.1, -0.05) is 11.6 Å². The van der Waals surface area contributed by atoms with Crippen LogP contribution in [0.25, 0.3) is 0 Å². The van der Waals surface area contributed by atoms with Crippen molar-refractivity contribution in [2.75, 3.05) is 34.8 Å². The Bertz CT molecular complexity index is 962. The number of hydrogen-bond donors (Lipinski definition) is 2. The Balaban J connectivity index is 1.42. The van der Waals surface area contributed by atoms with Crippen molar-refractivity contribution in [3.05, 3.63) is 41.2 Å². The number of nitrogens with zero attached hydrogens (tertiary/aromatic N) is 4. The number of nitrogens with one attached hydrogen (secondary N) is 2. The lowest BCUT2D eigenvalue weighted by Crippen LogP contribution is -2.48. The molecule has 1 unspecified atom stereocenters. The highest BCUT2D eigenvalue weighted by Gasteiger charge is 2.40. The Morgan fingerprint density at radius 3 is 2.79 bits per heavy atom. The molecule has 1 aliphatic carbocycles. The van der Waals surface area contributed by atoms with E-state index in [0.717, 1.165) is 25.2 Å². The molecule has 2 bridgehead atoms. The van der Waals surface area contributed by atoms with E-state index in [4.69, 9.17) is 11.6 Å². The van der Waals surface area contributed by atoms with Crippen LogP contribution in [0.3, 0.4) is 0 Å². The highest BCUT2D eigenvalue weighted by atomic mass is 35.5. The summed E-state index contributed by atoms with van der Waals surface area (Å²) in [6.07, 6.45) is 4.67. The number of aromatic nitrogens is 2. The third kappa shape index (κ3) is 3.60. The van der Waals surface area contributed by atoms with Crippen molar-refractivity contribution in [2.45, 2.75) is 25.3 Å². The first-order chi connectivity index (χ1) is 14.1. The maximum Gasteiger partial charge on any atom is 0.329 e. The van der Waals surface area contributed by atoms with E-state index >= 15 is 0 Å². The van der Waals surface area contributed by atoms with Crippen molar-refractivity contribution in [3.63, 3.8) is 0 Å². The molecule has 9 heteroatoms. The van der Waals surface area contributed by atoms with E-state index in [2.05, 4.69) is 25.5 Å². The van der Waals surface area contributed by atoms with Crippen LogP contribution in [-0.2, 0) is 0 Å². The maximum atomic E-state index is 13.1. The van der Waals surface area contributed by atoms with Crippen LogP contribution >= 0.6 is 11.6 Å². The molecule has 3 aliphatic rings. The van der Waals surface area contributed by atoms with E-state index in [9.17, 15) is 9.59 Å². The molecule has 4 heterocycles. The number of fused-ring (bicyclic) bond motifs is 4. The molecule has 5 rings (SSSR count). The van der Waals surface area contributed by atoms with Crippen molar-refractivity contribution in [3.8, 4) is 0 Å². The zero-order valence-corrected chi connectivity index (χ0v) is 16.5. The molecule has 0 aromatic carbocycles. The monoisotopic (exact) mass is 412 g/mol. The maximum absolute atomic E-state index is 13.1. The van der Waals surface area contributed by atoms with Gasteiger partial charge < -0.3 is 10.2 Å². The van der Waals surface area contributed by atoms with Crippen molar-refractivity contribution in [1.29, 1.82) is 0 Å². The van der Waals surface area contributed by atoms with Gasteiger partial charge in [-0.05, 0) is 49.4 Å². The first-order valence-corrected chi connectivity index (χ1v) is 10.2. The third-order valence-corrected chi connectivity index (χ3v) is 5.84. The Labute approximate surface area is 173 Å². The van der Waals surface area contributed by atoms with E-state index in [1.54, 1.807) is 23.1 Å². The first-order valence-electron chi connectivity index (χ1n) is 9.84. The summed E-state index contributed by atoms with van der Waals surface area (Å²) in [6.45, 7) is 2.29. The second-order valence-corrected chi connectivity index (χ2v) is 8.18. The molecule has 1 saturated heterocycles. The summed E-state index contributed by atoms with van der Waals surface area (Å²) >= 11 is 5.87. The minimum absolute atomic E-state index is 0.00655. The van der Waals surface area contributed by atoms with Gasteiger partial charge in [-0.15, -0.1) is 0 Å². The zero-order chi connectivity index (χ0) is 20.0. The Kier molecular flexibility index (Phi) is 4.50. The number of hydrogen-bond acceptors (Lipinski definition) is 5. The molecule has 1 atom stereocenters. The van der Waals surface area contributed by atoms with Crippen LogP contribution in [0, 0.1) is 5.92 Å². The molecular weight excluding hydrogens is 392 g/mol. The second-order valence-electron chi connectivity index (χ2n) is 7.74. The number of urea groups is 1. The van der Waals surface area contributed by atoms with E-state index in [0.29, 0.717) is 34.8 Å². The molecule has 8 nitrogen and oxygen atoms in total. The number of halogens is 1. The predicted octanol–water partition coefficient (Wildman–Crippen LogP) is 2.90. The number of pyridine rings is 2. The first kappa shape index (κ1) is 18.2. The molecule has 2 aromatic rings. The topological polar surface area (TPSA) is 90.5 Å². The van der Waals surface area contributed by atoms with Gasteiger partial charge in [0.25, 0.3) is 5.91 Å². The van der Waals surface area contributed by atoms with Crippen molar-refractivity contribution in [1.82, 2.24) is 15.3 Å². The van der Waals surface area contributed by atoms with Gasteiger partial charge in [0.15, 0.2) is 5.82 Å². The zero-order valence-electron chi connectivity index (χ0n) is 15.8. The number of anilines is 3. The van der Waals surface area contributed by atoms with Gasteiger partial charge >= 0.3 is 6.03 Å². The quantitative estimate of drug-likeness (QED) is 0.805. The molecule has 0 spiro atoms. The predicted molar refractivity (Wildman–Crippen MR) is 111 cm³/mol. The molecule has 2 aliphatic heterocycles. The van der Waals surface area contributed by atoms with Crippen LogP contribution in [0.15, 0.2) is 30.5 Å². The Morgan fingerprint density at radius 2 is 2.03 bits per heavy atom. The van der Waals surface area contributed by atoms with Gasteiger partial charge in [0, 0.05) is 25.8 Å². The SMILES string of the molecule is O=C(NCC1CC1)c1ccc2c(n1)N(C(=O)Nc1ccc(Cl)cn1)C1CCN2C1. The average Bonchev–Trinajstić information content (AvgIpc) is 3.47. The van der Waals surface area contributed by atoms with Gasteiger partial charge in [0.1, 0.15) is 11.5 Å². The summed E-state index contributed by atoms with van der Waals surface area (Å²) in [5, 5.41) is 6.26. The Hall–Kier alpha value is -2.87. The molecule has 29 heavy (non-hydrogen) atoms. The standard InChI is InChI=1S/C20H21ClN6O2/c21-13-3-6-17(22-10-13)25-20(29)27-14-7-8-26(11-14)16-5-4-15(24-18(16)27)19(28)23-9-12-1-2-12/h3-6,10,12,14H,1-2,7-9,11H2,(H,23,28)(H,22,25,29). The lowest BCUT2D eigenvalue weighted by atomic mass is 10.1. The fourth-order valence-corrected chi connectivity index (χ4v) is 3.98. The summed E-state index contributed by atoms with van der Waals surface area (Å²) in [4.78, 5) is 38.2. The van der Waals surface area contributed by atoms with Gasteiger partial charge in [-0.2, -0.15) is 0 Å². The van der Waals surface area contributed by atoms with Crippen LogP contribution in [-0.4, -0.2) is 47.6 Å². The Morgan fingerprint density at radius 1 is 1.17 bits per heavy atom. The second kappa shape index (κ2) is 7.18. The van der Waals surface area contributed by atoms with Crippen molar-refractivity contribution < 1.29 is 9.59 Å². The lowest BCUT2D eigenvalue weighted by molar-refractivity contribution is 0.0947. The summed E-state index contributed by atoms with van der Waals surface area (Å²) < 4.78 is 0. The van der Waals surface area contributed by atoms with Crippen LogP contribution in [0.2, 0.25) is 5.02 Å². The van der Waals surface area contributed by atoms with E-state index in [-0.39, 0.29) is 18.0 Å². The van der Waals surface area contributed by atoms with Crippen LogP contribution in [0.4, 0.5) is 22.1 Å². The number of amides is 3. The van der Waals surface area contributed by atoms with Gasteiger partial charge in [0.05, 0.1) is 16.8 Å². The molecule has 1 saturated carbocycles. The van der Waals surface area contributed by atoms with Crippen molar-refractivity contribution >= 4 is 40.9 Å². The summed E-state index contributed by atoms with van der Waals surface area (Å²) in [6, 6.07) is 6.64. The summed E-state index contributed by atoms with van der Waals surface area (Å²) in [5.74, 6) is 1.32. The van der Waals surface area contributed by atoms with Crippen LogP contribution < -0.4 is 20.4 Å². The fraction of sp³-hybridized carbons (Fsp3) is 0.400. The normalized spacial score (nSPS) is 19.7. The minimum Gasteiger partial charge on any atom is -0.366 e. The molecule has 0 radical (unpaired) electrons. The highest BCUT2D eigenvalue weighted by Crippen LogP contribution is 2.39. The smallest absolute Gasteiger partial charge is 0.329 e. The number of rotatable bonds is 4. The van der Waals surface area contributed by atoms with E-state index in [1.807, 2.05) is 6.07 Å². The molecule has 2 aromatic heterocycles. The van der Waals surface area contributed by atoms with Gasteiger partial charge in [-0.3, -0.25) is 15.0 Å². The van der Waals surface area contributed by atoms with Gasteiger partial charge in [-0.25, -0.2) is 14.8 Å². The van der Waals surface area contributed by atoms with Crippen LogP contribution in [0.1, 0.15) is 29.8 Å². The third-order valence-electron chi connectivity index (χ3n) is 5.61. The number of carbonyl (C=O) groups is 2. The van der Waals surface area contributed by atoms with E-state index in [1.165, 1.54) is 19.0 Å². The summed E-state index contributed by atoms with van der Waals surface area (Å²) in [7, 11) is 0. The fourth-order valence-electron chi connectivity index (χ4n) is 3.87. The largest absolute Gasteiger partial charge is 0.366 e.